The van der Waals surface area contributed by atoms with Crippen molar-refractivity contribution < 1.29 is 9.59 Å². The van der Waals surface area contributed by atoms with Gasteiger partial charge in [-0.1, -0.05) is 43.3 Å². The summed E-state index contributed by atoms with van der Waals surface area (Å²) in [6, 6.07) is 13.3. The predicted octanol–water partition coefficient (Wildman–Crippen LogP) is 2.69. The van der Waals surface area contributed by atoms with Crippen LogP contribution in [0.15, 0.2) is 42.5 Å². The number of carbonyl (C=O) groups is 2. The van der Waals surface area contributed by atoms with Crippen molar-refractivity contribution in [3.05, 3.63) is 42.5 Å². The van der Waals surface area contributed by atoms with Crippen LogP contribution >= 0.6 is 0 Å². The summed E-state index contributed by atoms with van der Waals surface area (Å²) in [5.41, 5.74) is 0.646. The second-order valence-electron chi connectivity index (χ2n) is 4.76. The Morgan fingerprint density at radius 1 is 1.05 bits per heavy atom. The van der Waals surface area contributed by atoms with E-state index in [-0.39, 0.29) is 6.04 Å². The predicted molar refractivity (Wildman–Crippen MR) is 80.5 cm³/mol. The summed E-state index contributed by atoms with van der Waals surface area (Å²) in [4.78, 5) is 23.6. The van der Waals surface area contributed by atoms with Crippen molar-refractivity contribution in [3.63, 3.8) is 0 Å². The number of carbonyl (C=O) groups excluding carboxylic acids is 2. The Hall–Kier alpha value is -2.36. The lowest BCUT2D eigenvalue weighted by Crippen LogP contribution is -2.40. The third kappa shape index (κ3) is 3.15. The fraction of sp³-hybridized carbons (Fsp3) is 0.250. The molecule has 0 saturated heterocycles. The second-order valence-corrected chi connectivity index (χ2v) is 4.76. The molecule has 2 rings (SSSR count). The molecule has 0 aliphatic heterocycles. The second kappa shape index (κ2) is 6.19. The first-order chi connectivity index (χ1) is 9.61. The van der Waals surface area contributed by atoms with Gasteiger partial charge in [-0.25, -0.2) is 0 Å². The van der Waals surface area contributed by atoms with E-state index >= 15 is 0 Å². The molecular formula is C16H18N2O2. The normalized spacial score (nSPS) is 11.9. The largest absolute Gasteiger partial charge is 0.345 e. The van der Waals surface area contributed by atoms with E-state index in [1.54, 1.807) is 6.07 Å². The van der Waals surface area contributed by atoms with Crippen molar-refractivity contribution in [2.45, 2.75) is 26.3 Å². The minimum absolute atomic E-state index is 0.0132. The zero-order valence-corrected chi connectivity index (χ0v) is 11.6. The fourth-order valence-corrected chi connectivity index (χ4v) is 1.90. The Morgan fingerprint density at radius 3 is 2.50 bits per heavy atom. The first-order valence-corrected chi connectivity index (χ1v) is 6.71. The number of nitrogens with one attached hydrogen (secondary N) is 2. The molecule has 0 bridgehead atoms. The van der Waals surface area contributed by atoms with Crippen molar-refractivity contribution >= 4 is 28.3 Å². The van der Waals surface area contributed by atoms with Gasteiger partial charge in [0.1, 0.15) is 0 Å². The molecule has 4 nitrogen and oxygen atoms in total. The van der Waals surface area contributed by atoms with Crippen LogP contribution in [0.25, 0.3) is 10.8 Å². The highest BCUT2D eigenvalue weighted by molar-refractivity contribution is 6.40. The highest BCUT2D eigenvalue weighted by atomic mass is 16.2. The molecule has 0 saturated carbocycles. The Labute approximate surface area is 118 Å². The minimum Gasteiger partial charge on any atom is -0.345 e. The van der Waals surface area contributed by atoms with Crippen LogP contribution in [0.5, 0.6) is 0 Å². The molecule has 2 N–H and O–H groups in total. The monoisotopic (exact) mass is 270 g/mol. The topological polar surface area (TPSA) is 58.2 Å². The number of fused-ring (bicyclic) bond motifs is 1. The SMILES string of the molecule is CC[C@@H](C)NC(=O)C(=O)Nc1cccc2ccccc12. The lowest BCUT2D eigenvalue weighted by molar-refractivity contribution is -0.136. The quantitative estimate of drug-likeness (QED) is 0.842. The fourth-order valence-electron chi connectivity index (χ4n) is 1.90. The molecule has 20 heavy (non-hydrogen) atoms. The Morgan fingerprint density at radius 2 is 1.75 bits per heavy atom. The number of amides is 2. The van der Waals surface area contributed by atoms with Gasteiger partial charge in [0, 0.05) is 17.1 Å². The van der Waals surface area contributed by atoms with Crippen molar-refractivity contribution in [3.8, 4) is 0 Å². The average molecular weight is 270 g/mol. The van der Waals surface area contributed by atoms with Crippen LogP contribution in [0.2, 0.25) is 0 Å². The summed E-state index contributed by atoms with van der Waals surface area (Å²) in [6.45, 7) is 3.82. The van der Waals surface area contributed by atoms with E-state index in [0.717, 1.165) is 17.2 Å². The lowest BCUT2D eigenvalue weighted by Gasteiger charge is -2.12. The Kier molecular flexibility index (Phi) is 4.35. The summed E-state index contributed by atoms with van der Waals surface area (Å²) < 4.78 is 0. The van der Waals surface area contributed by atoms with Crippen LogP contribution in [0.3, 0.4) is 0 Å². The molecule has 0 aromatic heterocycles. The number of hydrogen-bond acceptors (Lipinski definition) is 2. The van der Waals surface area contributed by atoms with Gasteiger partial charge in [-0.15, -0.1) is 0 Å². The summed E-state index contributed by atoms with van der Waals surface area (Å²) in [5.74, 6) is -1.24. The van der Waals surface area contributed by atoms with E-state index in [9.17, 15) is 9.59 Å². The molecule has 0 fully saturated rings. The van der Waals surface area contributed by atoms with Gasteiger partial charge in [0.2, 0.25) is 0 Å². The molecule has 2 aromatic carbocycles. The van der Waals surface area contributed by atoms with E-state index in [1.165, 1.54) is 0 Å². The molecule has 2 aromatic rings. The highest BCUT2D eigenvalue weighted by Gasteiger charge is 2.16. The maximum Gasteiger partial charge on any atom is 0.313 e. The van der Waals surface area contributed by atoms with Crippen LogP contribution in [0.4, 0.5) is 5.69 Å². The molecular weight excluding hydrogens is 252 g/mol. The molecule has 0 aliphatic carbocycles. The van der Waals surface area contributed by atoms with Gasteiger partial charge in [-0.2, -0.15) is 0 Å². The van der Waals surface area contributed by atoms with Crippen molar-refractivity contribution in [1.82, 2.24) is 5.32 Å². The third-order valence-corrected chi connectivity index (χ3v) is 3.23. The summed E-state index contributed by atoms with van der Waals surface area (Å²) in [7, 11) is 0. The standard InChI is InChI=1S/C16H18N2O2/c1-3-11(2)17-15(19)16(20)18-14-10-6-8-12-7-4-5-9-13(12)14/h4-11H,3H2,1-2H3,(H,17,19)(H,18,20)/t11-/m1/s1. The van der Waals surface area contributed by atoms with Gasteiger partial charge in [-0.05, 0) is 24.8 Å². The van der Waals surface area contributed by atoms with Crippen molar-refractivity contribution in [2.75, 3.05) is 5.32 Å². The van der Waals surface area contributed by atoms with Crippen LogP contribution in [-0.2, 0) is 9.59 Å². The summed E-state index contributed by atoms with van der Waals surface area (Å²) >= 11 is 0. The molecule has 104 valence electrons. The minimum atomic E-state index is -0.637. The van der Waals surface area contributed by atoms with Gasteiger partial charge < -0.3 is 10.6 Å². The van der Waals surface area contributed by atoms with Crippen LogP contribution < -0.4 is 10.6 Å². The van der Waals surface area contributed by atoms with Gasteiger partial charge in [-0.3, -0.25) is 9.59 Å². The van der Waals surface area contributed by atoms with Crippen LogP contribution in [0, 0.1) is 0 Å². The lowest BCUT2D eigenvalue weighted by atomic mass is 10.1. The number of rotatable bonds is 3. The van der Waals surface area contributed by atoms with Gasteiger partial charge in [0.25, 0.3) is 0 Å². The van der Waals surface area contributed by atoms with Crippen molar-refractivity contribution in [2.24, 2.45) is 0 Å². The molecule has 2 amide bonds. The van der Waals surface area contributed by atoms with E-state index in [4.69, 9.17) is 0 Å². The summed E-state index contributed by atoms with van der Waals surface area (Å²) in [6.07, 6.45) is 0.785. The molecule has 0 aliphatic rings. The first-order valence-electron chi connectivity index (χ1n) is 6.71. The van der Waals surface area contributed by atoms with E-state index in [2.05, 4.69) is 10.6 Å². The summed E-state index contributed by atoms with van der Waals surface area (Å²) in [5, 5.41) is 7.25. The Bertz CT molecular complexity index is 632. The van der Waals surface area contributed by atoms with Gasteiger partial charge >= 0.3 is 11.8 Å². The van der Waals surface area contributed by atoms with Crippen molar-refractivity contribution in [1.29, 1.82) is 0 Å². The van der Waals surface area contributed by atoms with Crippen LogP contribution in [0.1, 0.15) is 20.3 Å². The molecule has 0 spiro atoms. The maximum absolute atomic E-state index is 11.9. The zero-order valence-electron chi connectivity index (χ0n) is 11.6. The number of benzene rings is 2. The van der Waals surface area contributed by atoms with E-state index in [1.807, 2.05) is 50.2 Å². The Balaban J connectivity index is 2.16. The molecule has 0 unspecified atom stereocenters. The smallest absolute Gasteiger partial charge is 0.313 e. The molecule has 1 atom stereocenters. The number of hydrogen-bond donors (Lipinski definition) is 2. The van der Waals surface area contributed by atoms with E-state index < -0.39 is 11.8 Å². The van der Waals surface area contributed by atoms with Gasteiger partial charge in [0.15, 0.2) is 0 Å². The average Bonchev–Trinajstić information content (AvgIpc) is 2.47. The number of anilines is 1. The molecule has 4 heteroatoms. The maximum atomic E-state index is 11.9. The van der Waals surface area contributed by atoms with E-state index in [0.29, 0.717) is 5.69 Å². The highest BCUT2D eigenvalue weighted by Crippen LogP contribution is 2.22. The zero-order chi connectivity index (χ0) is 14.5. The molecule has 0 heterocycles. The van der Waals surface area contributed by atoms with Gasteiger partial charge in [0.05, 0.1) is 0 Å². The first kappa shape index (κ1) is 14.1. The molecule has 0 radical (unpaired) electrons. The van der Waals surface area contributed by atoms with Crippen LogP contribution in [-0.4, -0.2) is 17.9 Å². The third-order valence-electron chi connectivity index (χ3n) is 3.23.